The van der Waals surface area contributed by atoms with Gasteiger partial charge in [0.1, 0.15) is 5.82 Å². The predicted molar refractivity (Wildman–Crippen MR) is 133 cm³/mol. The van der Waals surface area contributed by atoms with Crippen molar-refractivity contribution >= 4 is 29.3 Å². The van der Waals surface area contributed by atoms with Crippen LogP contribution in [0.1, 0.15) is 47.8 Å². The molecular formula is C24H33N9O2. The van der Waals surface area contributed by atoms with Crippen molar-refractivity contribution < 1.29 is 9.59 Å². The van der Waals surface area contributed by atoms with Gasteiger partial charge in [-0.2, -0.15) is 0 Å². The van der Waals surface area contributed by atoms with E-state index < -0.39 is 5.91 Å². The van der Waals surface area contributed by atoms with Crippen molar-refractivity contribution in [1.82, 2.24) is 30.1 Å². The molecule has 3 aliphatic rings. The summed E-state index contributed by atoms with van der Waals surface area (Å²) in [4.78, 5) is 44.1. The number of hydrogen-bond acceptors (Lipinski definition) is 8. The molecule has 1 atom stereocenters. The van der Waals surface area contributed by atoms with E-state index in [1.54, 1.807) is 17.3 Å². The topological polar surface area (TPSA) is 133 Å². The summed E-state index contributed by atoms with van der Waals surface area (Å²) >= 11 is 0. The Labute approximate surface area is 205 Å². The molecule has 5 heterocycles. The maximum absolute atomic E-state index is 12.5. The average Bonchev–Trinajstić information content (AvgIpc) is 3.23. The molecule has 0 saturated carbocycles. The van der Waals surface area contributed by atoms with Gasteiger partial charge in [-0.3, -0.25) is 9.78 Å². The highest BCUT2D eigenvalue weighted by Gasteiger charge is 2.34. The Kier molecular flexibility index (Phi) is 6.67. The largest absolute Gasteiger partial charge is 0.364 e. The number of rotatable bonds is 6. The summed E-state index contributed by atoms with van der Waals surface area (Å²) in [5.41, 5.74) is 7.47. The number of primary amides is 1. The highest BCUT2D eigenvalue weighted by atomic mass is 16.2. The van der Waals surface area contributed by atoms with Crippen molar-refractivity contribution in [2.75, 3.05) is 56.5 Å². The number of nitrogens with one attached hydrogen (secondary N) is 2. The maximum Gasteiger partial charge on any atom is 0.320 e. The molecule has 3 aliphatic heterocycles. The first-order chi connectivity index (χ1) is 17.0. The minimum absolute atomic E-state index is 0.0785. The number of piperidine rings is 2. The average molecular weight is 480 g/mol. The lowest BCUT2D eigenvalue weighted by molar-refractivity contribution is 0.0996. The van der Waals surface area contributed by atoms with Crippen molar-refractivity contribution in [3.63, 3.8) is 0 Å². The third-order valence-electron chi connectivity index (χ3n) is 7.21. The summed E-state index contributed by atoms with van der Waals surface area (Å²) in [7, 11) is 1.84. The van der Waals surface area contributed by atoms with Crippen molar-refractivity contribution in [3.8, 4) is 0 Å². The summed E-state index contributed by atoms with van der Waals surface area (Å²) in [5, 5.41) is 6.57. The van der Waals surface area contributed by atoms with Crippen LogP contribution in [-0.2, 0) is 0 Å². The zero-order valence-corrected chi connectivity index (χ0v) is 20.1. The van der Waals surface area contributed by atoms with Crippen LogP contribution < -0.4 is 21.3 Å². The SMILES string of the molecule is CN1CCN([C@@H]2CCCN(c3cnc(C(N)=O)c(Nc4ccc(C5CCNCC5)nc4)n3)C2)C1=O. The summed E-state index contributed by atoms with van der Waals surface area (Å²) in [5.74, 6) is 0.781. The van der Waals surface area contributed by atoms with Gasteiger partial charge >= 0.3 is 6.03 Å². The second kappa shape index (κ2) is 10.0. The van der Waals surface area contributed by atoms with E-state index in [-0.39, 0.29) is 17.8 Å². The molecule has 2 aromatic rings. The first kappa shape index (κ1) is 23.3. The van der Waals surface area contributed by atoms with Crippen LogP contribution in [0.3, 0.4) is 0 Å². The highest BCUT2D eigenvalue weighted by molar-refractivity contribution is 5.96. The van der Waals surface area contributed by atoms with Crippen molar-refractivity contribution in [1.29, 1.82) is 0 Å². The lowest BCUT2D eigenvalue weighted by Crippen LogP contribution is -2.49. The molecule has 0 aromatic carbocycles. The Morgan fingerprint density at radius 1 is 1.11 bits per heavy atom. The van der Waals surface area contributed by atoms with Gasteiger partial charge in [-0.1, -0.05) is 0 Å². The second-order valence-electron chi connectivity index (χ2n) is 9.55. The number of aromatic nitrogens is 3. The van der Waals surface area contributed by atoms with E-state index in [1.165, 1.54) is 0 Å². The van der Waals surface area contributed by atoms with Crippen LogP contribution in [0.2, 0.25) is 0 Å². The molecule has 11 nitrogen and oxygen atoms in total. The number of carbonyl (C=O) groups excluding carboxylic acids is 2. The standard InChI is InChI=1S/C24H33N9O2/c1-31-11-12-33(24(31)35)18-3-2-10-32(15-18)20-14-28-21(22(25)34)23(30-20)29-17-4-5-19(27-13-17)16-6-8-26-9-7-16/h4-5,13-14,16,18,26H,2-3,6-12,15H2,1H3,(H2,25,34)(H,29,30)/t18-/m1/s1. The molecular weight excluding hydrogens is 446 g/mol. The van der Waals surface area contributed by atoms with Gasteiger partial charge in [-0.05, 0) is 50.9 Å². The molecule has 3 amide bonds. The Bertz CT molecular complexity index is 1070. The molecule has 5 rings (SSSR count). The maximum atomic E-state index is 12.5. The summed E-state index contributed by atoms with van der Waals surface area (Å²) in [6, 6.07) is 4.19. The summed E-state index contributed by atoms with van der Waals surface area (Å²) in [6.45, 7) is 5.00. The minimum Gasteiger partial charge on any atom is -0.364 e. The van der Waals surface area contributed by atoms with Gasteiger partial charge in [0.05, 0.1) is 24.1 Å². The molecule has 2 aromatic heterocycles. The molecule has 3 fully saturated rings. The monoisotopic (exact) mass is 479 g/mol. The fraction of sp³-hybridized carbons (Fsp3) is 0.542. The van der Waals surface area contributed by atoms with E-state index >= 15 is 0 Å². The fourth-order valence-corrected chi connectivity index (χ4v) is 5.20. The van der Waals surface area contributed by atoms with Crippen molar-refractivity contribution in [2.45, 2.75) is 37.6 Å². The fourth-order valence-electron chi connectivity index (χ4n) is 5.20. The molecule has 3 saturated heterocycles. The van der Waals surface area contributed by atoms with Gasteiger partial charge in [-0.25, -0.2) is 14.8 Å². The Morgan fingerprint density at radius 2 is 1.94 bits per heavy atom. The van der Waals surface area contributed by atoms with E-state index in [0.717, 1.165) is 69.8 Å². The molecule has 0 spiro atoms. The van der Waals surface area contributed by atoms with Crippen molar-refractivity contribution in [3.05, 3.63) is 35.9 Å². The molecule has 11 heteroatoms. The normalized spacial score (nSPS) is 21.5. The van der Waals surface area contributed by atoms with Gasteiger partial charge in [0.25, 0.3) is 5.91 Å². The smallest absolute Gasteiger partial charge is 0.320 e. The van der Waals surface area contributed by atoms with Crippen LogP contribution in [0.15, 0.2) is 24.5 Å². The van der Waals surface area contributed by atoms with Gasteiger partial charge < -0.3 is 31.1 Å². The Hall–Kier alpha value is -3.47. The molecule has 0 bridgehead atoms. The zero-order chi connectivity index (χ0) is 24.4. The highest BCUT2D eigenvalue weighted by Crippen LogP contribution is 2.27. The number of nitrogens with zero attached hydrogens (tertiary/aromatic N) is 6. The molecule has 35 heavy (non-hydrogen) atoms. The quantitative estimate of drug-likeness (QED) is 0.568. The Morgan fingerprint density at radius 3 is 2.63 bits per heavy atom. The van der Waals surface area contributed by atoms with Gasteiger partial charge in [-0.15, -0.1) is 0 Å². The molecule has 0 unspecified atom stereocenters. The van der Waals surface area contributed by atoms with E-state index in [9.17, 15) is 9.59 Å². The van der Waals surface area contributed by atoms with Gasteiger partial charge in [0, 0.05) is 44.8 Å². The zero-order valence-electron chi connectivity index (χ0n) is 20.1. The number of pyridine rings is 1. The van der Waals surface area contributed by atoms with E-state index in [0.29, 0.717) is 24.1 Å². The van der Waals surface area contributed by atoms with E-state index in [1.807, 2.05) is 24.1 Å². The number of urea groups is 1. The second-order valence-corrected chi connectivity index (χ2v) is 9.55. The number of hydrogen-bond donors (Lipinski definition) is 3. The Balaban J connectivity index is 1.33. The number of carbonyl (C=O) groups is 2. The third-order valence-corrected chi connectivity index (χ3v) is 7.21. The number of anilines is 3. The molecule has 0 radical (unpaired) electrons. The molecule has 186 valence electrons. The van der Waals surface area contributed by atoms with Crippen LogP contribution in [0.25, 0.3) is 0 Å². The minimum atomic E-state index is -0.645. The first-order valence-corrected chi connectivity index (χ1v) is 12.4. The van der Waals surface area contributed by atoms with Crippen LogP contribution in [-0.4, -0.2) is 89.0 Å². The van der Waals surface area contributed by atoms with Crippen LogP contribution in [0.5, 0.6) is 0 Å². The summed E-state index contributed by atoms with van der Waals surface area (Å²) < 4.78 is 0. The van der Waals surface area contributed by atoms with Crippen LogP contribution >= 0.6 is 0 Å². The number of amides is 3. The lowest BCUT2D eigenvalue weighted by Gasteiger charge is -2.37. The van der Waals surface area contributed by atoms with E-state index in [2.05, 4.69) is 25.5 Å². The van der Waals surface area contributed by atoms with E-state index in [4.69, 9.17) is 10.7 Å². The molecule has 4 N–H and O–H groups in total. The van der Waals surface area contributed by atoms with Crippen LogP contribution in [0, 0.1) is 0 Å². The first-order valence-electron chi connectivity index (χ1n) is 12.4. The van der Waals surface area contributed by atoms with Crippen molar-refractivity contribution in [2.24, 2.45) is 5.73 Å². The lowest BCUT2D eigenvalue weighted by atomic mass is 9.94. The number of likely N-dealkylation sites (N-methyl/N-ethyl adjacent to an activating group) is 1. The summed E-state index contributed by atoms with van der Waals surface area (Å²) in [6.07, 6.45) is 7.42. The number of nitrogens with two attached hydrogens (primary N) is 1. The van der Waals surface area contributed by atoms with Gasteiger partial charge in [0.15, 0.2) is 11.5 Å². The van der Waals surface area contributed by atoms with Gasteiger partial charge in [0.2, 0.25) is 0 Å². The third kappa shape index (κ3) is 5.00. The van der Waals surface area contributed by atoms with Crippen LogP contribution in [0.4, 0.5) is 22.1 Å². The predicted octanol–water partition coefficient (Wildman–Crippen LogP) is 1.52. The molecule has 0 aliphatic carbocycles.